The van der Waals surface area contributed by atoms with Crippen LogP contribution in [0.1, 0.15) is 25.0 Å². The molecule has 3 N–H and O–H groups in total. The SMILES string of the molecule is C[C@@H]1CN(c2cc(F)c(/C=N/NC(N)=S)cc2F)C[C@H](C)N1Cc1ccccc1Cl. The van der Waals surface area contributed by atoms with E-state index in [0.29, 0.717) is 19.6 Å². The summed E-state index contributed by atoms with van der Waals surface area (Å²) in [6, 6.07) is 10.3. The lowest BCUT2D eigenvalue weighted by Crippen LogP contribution is -2.56. The van der Waals surface area contributed by atoms with Crippen molar-refractivity contribution in [1.29, 1.82) is 0 Å². The van der Waals surface area contributed by atoms with Crippen molar-refractivity contribution in [1.82, 2.24) is 10.3 Å². The number of rotatable bonds is 5. The fourth-order valence-corrected chi connectivity index (χ4v) is 3.99. The van der Waals surface area contributed by atoms with Crippen molar-refractivity contribution in [3.8, 4) is 0 Å². The van der Waals surface area contributed by atoms with E-state index in [1.807, 2.05) is 29.2 Å². The van der Waals surface area contributed by atoms with Crippen molar-refractivity contribution in [3.63, 3.8) is 0 Å². The summed E-state index contributed by atoms with van der Waals surface area (Å²) in [5.74, 6) is -1.08. The Morgan fingerprint density at radius 2 is 1.90 bits per heavy atom. The van der Waals surface area contributed by atoms with E-state index in [9.17, 15) is 8.78 Å². The number of nitrogens with zero attached hydrogens (tertiary/aromatic N) is 3. The summed E-state index contributed by atoms with van der Waals surface area (Å²) in [6.07, 6.45) is 1.15. The molecular formula is C21H24ClF2N5S. The lowest BCUT2D eigenvalue weighted by atomic mass is 10.0. The Kier molecular flexibility index (Phi) is 7.23. The summed E-state index contributed by atoms with van der Waals surface area (Å²) in [6.45, 7) is 6.01. The van der Waals surface area contributed by atoms with Gasteiger partial charge in [0.25, 0.3) is 0 Å². The van der Waals surface area contributed by atoms with Crippen molar-refractivity contribution in [3.05, 3.63) is 64.2 Å². The van der Waals surface area contributed by atoms with E-state index in [1.54, 1.807) is 0 Å². The maximum absolute atomic E-state index is 14.8. The van der Waals surface area contributed by atoms with Gasteiger partial charge >= 0.3 is 0 Å². The van der Waals surface area contributed by atoms with Crippen molar-refractivity contribution in [2.45, 2.75) is 32.5 Å². The number of halogens is 3. The highest BCUT2D eigenvalue weighted by Crippen LogP contribution is 2.29. The number of nitrogens with two attached hydrogens (primary N) is 1. The largest absolute Gasteiger partial charge is 0.375 e. The fraction of sp³-hybridized carbons (Fsp3) is 0.333. The van der Waals surface area contributed by atoms with Crippen LogP contribution in [0.5, 0.6) is 0 Å². The lowest BCUT2D eigenvalue weighted by molar-refractivity contribution is 0.123. The van der Waals surface area contributed by atoms with Crippen LogP contribution in [-0.2, 0) is 6.54 Å². The molecule has 160 valence electrons. The van der Waals surface area contributed by atoms with Crippen LogP contribution in [0.3, 0.4) is 0 Å². The standard InChI is InChI=1S/C21H24ClF2N5S/c1-13-10-28(11-14(2)29(13)12-15-5-3-4-6-17(15)22)20-8-18(23)16(7-19(20)24)9-26-27-21(25)30/h3-9,13-14H,10-12H2,1-2H3,(H3,25,27,30)/b26-9+/t13-,14+. The Balaban J connectivity index is 1.75. The van der Waals surface area contributed by atoms with Crippen LogP contribution in [-0.4, -0.2) is 41.4 Å². The zero-order valence-corrected chi connectivity index (χ0v) is 18.4. The normalized spacial score (nSPS) is 20.0. The minimum absolute atomic E-state index is 0.0125. The van der Waals surface area contributed by atoms with Gasteiger partial charge in [0, 0.05) is 48.4 Å². The smallest absolute Gasteiger partial charge is 0.184 e. The third-order valence-corrected chi connectivity index (χ3v) is 5.66. The molecule has 1 heterocycles. The Morgan fingerprint density at radius 1 is 1.23 bits per heavy atom. The van der Waals surface area contributed by atoms with Crippen LogP contribution in [0.4, 0.5) is 14.5 Å². The van der Waals surface area contributed by atoms with E-state index >= 15 is 0 Å². The van der Waals surface area contributed by atoms with Gasteiger partial charge in [-0.3, -0.25) is 10.3 Å². The Hall–Kier alpha value is -2.29. The second-order valence-electron chi connectivity index (χ2n) is 7.43. The minimum Gasteiger partial charge on any atom is -0.375 e. The molecule has 0 radical (unpaired) electrons. The summed E-state index contributed by atoms with van der Waals surface area (Å²) in [5, 5.41) is 4.36. The second kappa shape index (κ2) is 9.68. The maximum Gasteiger partial charge on any atom is 0.184 e. The highest BCUT2D eigenvalue weighted by atomic mass is 35.5. The van der Waals surface area contributed by atoms with Crippen LogP contribution < -0.4 is 16.1 Å². The summed E-state index contributed by atoms with van der Waals surface area (Å²) in [5.41, 5.74) is 8.89. The van der Waals surface area contributed by atoms with E-state index in [4.69, 9.17) is 17.3 Å². The van der Waals surface area contributed by atoms with Gasteiger partial charge in [0.2, 0.25) is 0 Å². The molecule has 2 atom stereocenters. The third-order valence-electron chi connectivity index (χ3n) is 5.20. The van der Waals surface area contributed by atoms with Gasteiger partial charge in [0.15, 0.2) is 5.11 Å². The average molecular weight is 452 g/mol. The highest BCUT2D eigenvalue weighted by Gasteiger charge is 2.31. The van der Waals surface area contributed by atoms with Gasteiger partial charge in [-0.25, -0.2) is 8.78 Å². The van der Waals surface area contributed by atoms with Gasteiger partial charge in [-0.05, 0) is 43.8 Å². The van der Waals surface area contributed by atoms with Crippen molar-refractivity contribution < 1.29 is 8.78 Å². The maximum atomic E-state index is 14.8. The van der Waals surface area contributed by atoms with E-state index in [-0.39, 0.29) is 28.4 Å². The highest BCUT2D eigenvalue weighted by molar-refractivity contribution is 7.80. The first kappa shape index (κ1) is 22.4. The van der Waals surface area contributed by atoms with Crippen molar-refractivity contribution in [2.75, 3.05) is 18.0 Å². The molecule has 0 bridgehead atoms. The summed E-state index contributed by atoms with van der Waals surface area (Å²) in [4.78, 5) is 4.21. The van der Waals surface area contributed by atoms with Crippen LogP contribution in [0, 0.1) is 11.6 Å². The van der Waals surface area contributed by atoms with Crippen molar-refractivity contribution >= 4 is 40.8 Å². The quantitative estimate of drug-likeness (QED) is 0.410. The molecule has 3 rings (SSSR count). The molecule has 1 fully saturated rings. The number of nitrogens with one attached hydrogen (secondary N) is 1. The van der Waals surface area contributed by atoms with Gasteiger partial charge < -0.3 is 10.6 Å². The molecule has 1 aliphatic heterocycles. The lowest BCUT2D eigenvalue weighted by Gasteiger charge is -2.45. The van der Waals surface area contributed by atoms with E-state index in [0.717, 1.165) is 22.9 Å². The van der Waals surface area contributed by atoms with Crippen LogP contribution >= 0.6 is 23.8 Å². The predicted octanol–water partition coefficient (Wildman–Crippen LogP) is 3.88. The zero-order valence-electron chi connectivity index (χ0n) is 16.8. The first-order chi connectivity index (χ1) is 14.3. The molecule has 0 aliphatic carbocycles. The van der Waals surface area contributed by atoms with Crippen molar-refractivity contribution in [2.24, 2.45) is 10.8 Å². The number of anilines is 1. The monoisotopic (exact) mass is 451 g/mol. The van der Waals surface area contributed by atoms with E-state index in [1.165, 1.54) is 6.07 Å². The average Bonchev–Trinajstić information content (AvgIpc) is 2.68. The predicted molar refractivity (Wildman–Crippen MR) is 122 cm³/mol. The number of hydrazone groups is 1. The molecule has 0 unspecified atom stereocenters. The van der Waals surface area contributed by atoms with Gasteiger partial charge in [0.05, 0.1) is 11.9 Å². The number of thiocarbonyl (C=S) groups is 1. The molecule has 0 spiro atoms. The number of hydrogen-bond acceptors (Lipinski definition) is 4. The third kappa shape index (κ3) is 5.24. The molecule has 2 aromatic carbocycles. The summed E-state index contributed by atoms with van der Waals surface area (Å²) in [7, 11) is 0. The molecule has 1 aliphatic rings. The van der Waals surface area contributed by atoms with E-state index in [2.05, 4.69) is 41.5 Å². The van der Waals surface area contributed by atoms with E-state index < -0.39 is 11.6 Å². The molecule has 2 aromatic rings. The molecule has 0 amide bonds. The molecule has 1 saturated heterocycles. The van der Waals surface area contributed by atoms with Gasteiger partial charge in [0.1, 0.15) is 11.6 Å². The molecule has 0 saturated carbocycles. The molecular weight excluding hydrogens is 428 g/mol. The summed E-state index contributed by atoms with van der Waals surface area (Å²) < 4.78 is 29.3. The number of hydrogen-bond donors (Lipinski definition) is 2. The van der Waals surface area contributed by atoms with Gasteiger partial charge in [-0.15, -0.1) is 0 Å². The zero-order chi connectivity index (χ0) is 21.8. The number of benzene rings is 2. The fourth-order valence-electron chi connectivity index (χ4n) is 3.75. The van der Waals surface area contributed by atoms with Crippen LogP contribution in [0.2, 0.25) is 5.02 Å². The van der Waals surface area contributed by atoms with Gasteiger partial charge in [-0.2, -0.15) is 5.10 Å². The topological polar surface area (TPSA) is 56.9 Å². The first-order valence-corrected chi connectivity index (χ1v) is 10.4. The van der Waals surface area contributed by atoms with Gasteiger partial charge in [-0.1, -0.05) is 29.8 Å². The van der Waals surface area contributed by atoms with Crippen LogP contribution in [0.15, 0.2) is 41.5 Å². The minimum atomic E-state index is -0.571. The van der Waals surface area contributed by atoms with Crippen LogP contribution in [0.25, 0.3) is 0 Å². The summed E-state index contributed by atoms with van der Waals surface area (Å²) >= 11 is 10.9. The first-order valence-electron chi connectivity index (χ1n) is 9.58. The molecule has 5 nitrogen and oxygen atoms in total. The molecule has 9 heteroatoms. The Bertz CT molecular complexity index is 943. The molecule has 0 aromatic heterocycles. The Labute approximate surface area is 185 Å². The Morgan fingerprint density at radius 3 is 2.53 bits per heavy atom. The number of piperazine rings is 1. The second-order valence-corrected chi connectivity index (χ2v) is 8.27. The molecule has 30 heavy (non-hydrogen) atoms.